The summed E-state index contributed by atoms with van der Waals surface area (Å²) in [6.07, 6.45) is 1.33. The van der Waals surface area contributed by atoms with Crippen molar-refractivity contribution in [3.63, 3.8) is 0 Å². The molecule has 0 saturated carbocycles. The minimum absolute atomic E-state index is 0.0490. The summed E-state index contributed by atoms with van der Waals surface area (Å²) in [7, 11) is 1.59. The summed E-state index contributed by atoms with van der Waals surface area (Å²) < 4.78 is 10.8. The number of nitrogens with zero attached hydrogens (tertiary/aromatic N) is 1. The Morgan fingerprint density at radius 3 is 2.30 bits per heavy atom. The lowest BCUT2D eigenvalue weighted by Crippen LogP contribution is -2.32. The normalized spacial score (nSPS) is 14.5. The van der Waals surface area contributed by atoms with Gasteiger partial charge in [0.2, 0.25) is 0 Å². The zero-order valence-corrected chi connectivity index (χ0v) is 15.6. The molecule has 0 spiro atoms. The lowest BCUT2D eigenvalue weighted by Gasteiger charge is -2.19. The highest BCUT2D eigenvalue weighted by Gasteiger charge is 2.23. The molecule has 2 amide bonds. The van der Waals surface area contributed by atoms with Crippen molar-refractivity contribution in [3.05, 3.63) is 54.1 Å². The zero-order valence-electron chi connectivity index (χ0n) is 15.6. The van der Waals surface area contributed by atoms with E-state index in [0.717, 1.165) is 25.9 Å². The number of likely N-dealkylation sites (tertiary alicyclic amines) is 1. The molecule has 0 radical (unpaired) electrons. The second kappa shape index (κ2) is 8.58. The van der Waals surface area contributed by atoms with Gasteiger partial charge in [0.25, 0.3) is 11.8 Å². The molecule has 1 aliphatic rings. The van der Waals surface area contributed by atoms with Gasteiger partial charge in [0, 0.05) is 13.1 Å². The molecular weight excluding hydrogens is 344 g/mol. The van der Waals surface area contributed by atoms with Crippen LogP contribution in [0.4, 0.5) is 5.69 Å². The number of amides is 2. The molecule has 0 unspecified atom stereocenters. The van der Waals surface area contributed by atoms with E-state index >= 15 is 0 Å². The van der Waals surface area contributed by atoms with Crippen LogP contribution in [-0.4, -0.2) is 43.0 Å². The van der Waals surface area contributed by atoms with E-state index in [1.165, 1.54) is 0 Å². The number of ether oxygens (including phenoxy) is 2. The number of para-hydroxylation sites is 1. The van der Waals surface area contributed by atoms with Crippen LogP contribution in [-0.2, 0) is 4.79 Å². The second-order valence-corrected chi connectivity index (χ2v) is 6.47. The first kappa shape index (κ1) is 18.8. The number of nitrogens with one attached hydrogen (secondary N) is 1. The molecule has 27 heavy (non-hydrogen) atoms. The van der Waals surface area contributed by atoms with Gasteiger partial charge in [-0.1, -0.05) is 12.1 Å². The summed E-state index contributed by atoms with van der Waals surface area (Å²) in [5, 5.41) is 2.82. The van der Waals surface area contributed by atoms with Gasteiger partial charge in [-0.25, -0.2) is 0 Å². The van der Waals surface area contributed by atoms with E-state index in [1.54, 1.807) is 62.6 Å². The largest absolute Gasteiger partial charge is 0.497 e. The molecule has 1 N–H and O–H groups in total. The van der Waals surface area contributed by atoms with Gasteiger partial charge in [-0.2, -0.15) is 0 Å². The average Bonchev–Trinajstić information content (AvgIpc) is 3.23. The highest BCUT2D eigenvalue weighted by Crippen LogP contribution is 2.22. The van der Waals surface area contributed by atoms with Crippen LogP contribution in [0.15, 0.2) is 48.5 Å². The van der Waals surface area contributed by atoms with Crippen molar-refractivity contribution in [1.82, 2.24) is 4.90 Å². The predicted octanol–water partition coefficient (Wildman–Crippen LogP) is 3.34. The Balaban J connectivity index is 1.67. The van der Waals surface area contributed by atoms with Gasteiger partial charge in [-0.15, -0.1) is 0 Å². The van der Waals surface area contributed by atoms with Gasteiger partial charge in [-0.3, -0.25) is 9.59 Å². The molecule has 2 aromatic rings. The van der Waals surface area contributed by atoms with Gasteiger partial charge < -0.3 is 19.7 Å². The van der Waals surface area contributed by atoms with Crippen LogP contribution in [0.3, 0.4) is 0 Å². The number of carbonyl (C=O) groups is 2. The number of hydrogen-bond donors (Lipinski definition) is 1. The van der Waals surface area contributed by atoms with E-state index in [9.17, 15) is 9.59 Å². The molecule has 1 aliphatic heterocycles. The topological polar surface area (TPSA) is 67.9 Å². The Morgan fingerprint density at radius 2 is 1.63 bits per heavy atom. The monoisotopic (exact) mass is 368 g/mol. The second-order valence-electron chi connectivity index (χ2n) is 6.47. The van der Waals surface area contributed by atoms with Crippen molar-refractivity contribution in [2.45, 2.75) is 25.9 Å². The maximum absolute atomic E-state index is 12.7. The number of rotatable bonds is 6. The van der Waals surface area contributed by atoms with Crippen molar-refractivity contribution < 1.29 is 19.1 Å². The average molecular weight is 368 g/mol. The third-order valence-corrected chi connectivity index (χ3v) is 4.55. The van der Waals surface area contributed by atoms with E-state index in [1.807, 2.05) is 4.90 Å². The van der Waals surface area contributed by atoms with E-state index in [-0.39, 0.29) is 11.8 Å². The summed E-state index contributed by atoms with van der Waals surface area (Å²) in [6.45, 7) is 3.20. The van der Waals surface area contributed by atoms with Crippen LogP contribution in [0.1, 0.15) is 30.1 Å². The number of anilines is 1. The first-order valence-electron chi connectivity index (χ1n) is 9.08. The van der Waals surface area contributed by atoms with E-state index < -0.39 is 6.10 Å². The fourth-order valence-corrected chi connectivity index (χ4v) is 3.02. The van der Waals surface area contributed by atoms with Gasteiger partial charge in [0.15, 0.2) is 6.10 Å². The lowest BCUT2D eigenvalue weighted by atomic mass is 10.1. The van der Waals surface area contributed by atoms with Gasteiger partial charge in [-0.05, 0) is 56.2 Å². The minimum Gasteiger partial charge on any atom is -0.497 e. The van der Waals surface area contributed by atoms with Crippen LogP contribution in [0.25, 0.3) is 0 Å². The highest BCUT2D eigenvalue weighted by molar-refractivity contribution is 6.04. The van der Waals surface area contributed by atoms with Crippen LogP contribution >= 0.6 is 0 Å². The third-order valence-electron chi connectivity index (χ3n) is 4.55. The molecule has 1 heterocycles. The van der Waals surface area contributed by atoms with Gasteiger partial charge >= 0.3 is 0 Å². The summed E-state index contributed by atoms with van der Waals surface area (Å²) in [5.74, 6) is 0.924. The Hall–Kier alpha value is -3.02. The molecular formula is C21H24N2O4. The quantitative estimate of drug-likeness (QED) is 0.849. The summed E-state index contributed by atoms with van der Waals surface area (Å²) in [4.78, 5) is 27.1. The van der Waals surface area contributed by atoms with Crippen molar-refractivity contribution in [3.8, 4) is 11.5 Å². The molecule has 1 fully saturated rings. The SMILES string of the molecule is COc1ccc(O[C@@H](C)C(=O)Nc2ccccc2C(=O)N2CCCC2)cc1. The third kappa shape index (κ3) is 4.58. The van der Waals surface area contributed by atoms with Crippen LogP contribution < -0.4 is 14.8 Å². The number of methoxy groups -OCH3 is 1. The molecule has 2 aromatic carbocycles. The highest BCUT2D eigenvalue weighted by atomic mass is 16.5. The Bertz CT molecular complexity index is 798. The van der Waals surface area contributed by atoms with Gasteiger partial charge in [0.05, 0.1) is 18.4 Å². The van der Waals surface area contributed by atoms with E-state index in [0.29, 0.717) is 22.7 Å². The van der Waals surface area contributed by atoms with E-state index in [2.05, 4.69) is 5.32 Å². The van der Waals surface area contributed by atoms with Gasteiger partial charge in [0.1, 0.15) is 11.5 Å². The van der Waals surface area contributed by atoms with Crippen molar-refractivity contribution in [2.75, 3.05) is 25.5 Å². The summed E-state index contributed by atoms with van der Waals surface area (Å²) >= 11 is 0. The van der Waals surface area contributed by atoms with Crippen molar-refractivity contribution in [2.24, 2.45) is 0 Å². The summed E-state index contributed by atoms with van der Waals surface area (Å²) in [5.41, 5.74) is 1.01. The number of hydrogen-bond acceptors (Lipinski definition) is 4. The molecule has 1 atom stereocenters. The van der Waals surface area contributed by atoms with Crippen LogP contribution in [0.2, 0.25) is 0 Å². The zero-order chi connectivity index (χ0) is 19.2. The molecule has 6 nitrogen and oxygen atoms in total. The Labute approximate surface area is 159 Å². The molecule has 0 aromatic heterocycles. The van der Waals surface area contributed by atoms with Crippen LogP contribution in [0.5, 0.6) is 11.5 Å². The number of benzene rings is 2. The van der Waals surface area contributed by atoms with Crippen LogP contribution in [0, 0.1) is 0 Å². The predicted molar refractivity (Wildman–Crippen MR) is 103 cm³/mol. The molecule has 0 bridgehead atoms. The maximum atomic E-state index is 12.7. The smallest absolute Gasteiger partial charge is 0.265 e. The van der Waals surface area contributed by atoms with Crippen molar-refractivity contribution in [1.29, 1.82) is 0 Å². The lowest BCUT2D eigenvalue weighted by molar-refractivity contribution is -0.122. The first-order valence-corrected chi connectivity index (χ1v) is 9.08. The van der Waals surface area contributed by atoms with E-state index in [4.69, 9.17) is 9.47 Å². The molecule has 0 aliphatic carbocycles. The molecule has 3 rings (SSSR count). The molecule has 6 heteroatoms. The minimum atomic E-state index is -0.715. The fraction of sp³-hybridized carbons (Fsp3) is 0.333. The summed E-state index contributed by atoms with van der Waals surface area (Å²) in [6, 6.07) is 14.1. The number of carbonyl (C=O) groups excluding carboxylic acids is 2. The molecule has 142 valence electrons. The Kier molecular flexibility index (Phi) is 5.96. The molecule has 1 saturated heterocycles. The Morgan fingerprint density at radius 1 is 1.00 bits per heavy atom. The standard InChI is InChI=1S/C21H24N2O4/c1-15(27-17-11-9-16(26-2)10-12-17)20(24)22-19-8-4-3-7-18(19)21(25)23-13-5-6-14-23/h3-4,7-12,15H,5-6,13-14H2,1-2H3,(H,22,24)/t15-/m0/s1. The maximum Gasteiger partial charge on any atom is 0.265 e. The van der Waals surface area contributed by atoms with Crippen molar-refractivity contribution >= 4 is 17.5 Å². The fourth-order valence-electron chi connectivity index (χ4n) is 3.02. The first-order chi connectivity index (χ1) is 13.1.